The Kier molecular flexibility index (Phi) is 7.90. The van der Waals surface area contributed by atoms with Gasteiger partial charge in [0, 0.05) is 60.5 Å². The quantitative estimate of drug-likeness (QED) is 0.124. The number of ether oxygens (including phenoxy) is 2. The Morgan fingerprint density at radius 3 is 1.54 bits per heavy atom. The number of hydrogen-bond donors (Lipinski definition) is 0. The zero-order chi connectivity index (χ0) is 41.8. The normalized spacial score (nSPS) is 20.9. The molecule has 0 aromatic heterocycles. The van der Waals surface area contributed by atoms with Crippen LogP contribution in [-0.2, 0) is 10.8 Å². The zero-order valence-electron chi connectivity index (χ0n) is 32.9. The highest BCUT2D eigenvalue weighted by molar-refractivity contribution is 6.04. The topological polar surface area (TPSA) is 179 Å². The summed E-state index contributed by atoms with van der Waals surface area (Å²) in [7, 11) is 3.77. The fraction of sp³-hybridized carbons (Fsp3) is 0.227. The van der Waals surface area contributed by atoms with Gasteiger partial charge in [0.2, 0.25) is 11.4 Å². The molecule has 10 rings (SSSR count). The van der Waals surface area contributed by atoms with Crippen molar-refractivity contribution < 1.29 is 24.2 Å². The zero-order valence-corrected chi connectivity index (χ0v) is 32.9. The molecule has 2 unspecified atom stereocenters. The smallest absolute Gasteiger partial charge is 0.281 e. The summed E-state index contributed by atoms with van der Waals surface area (Å²) in [6.07, 6.45) is 3.53. The highest BCUT2D eigenvalue weighted by Crippen LogP contribution is 2.57. The van der Waals surface area contributed by atoms with Crippen LogP contribution < -0.4 is 19.3 Å². The first-order chi connectivity index (χ1) is 28.0. The van der Waals surface area contributed by atoms with Crippen LogP contribution in [0.4, 0.5) is 39.8 Å². The van der Waals surface area contributed by atoms with Crippen LogP contribution >= 0.6 is 0 Å². The summed E-state index contributed by atoms with van der Waals surface area (Å²) in [5.41, 5.74) is 1.42. The molecular weight excluding hydrogens is 755 g/mol. The fourth-order valence-electron chi connectivity index (χ4n) is 9.15. The number of hydrogen-bond acceptors (Lipinski definition) is 12. The van der Waals surface area contributed by atoms with E-state index >= 15 is 0 Å². The van der Waals surface area contributed by atoms with Crippen LogP contribution in [0.2, 0.25) is 0 Å². The van der Waals surface area contributed by atoms with Gasteiger partial charge in [0.25, 0.3) is 17.1 Å². The molecule has 2 atom stereocenters. The average molecular weight is 792 g/mol. The highest BCUT2D eigenvalue weighted by Gasteiger charge is 2.60. The first-order valence-electron chi connectivity index (χ1n) is 18.8. The number of likely N-dealkylation sites (N-methyl/N-ethyl adjacent to an activating group) is 2. The van der Waals surface area contributed by atoms with Crippen LogP contribution in [0.1, 0.15) is 38.8 Å². The van der Waals surface area contributed by atoms with E-state index in [0.717, 1.165) is 39.0 Å². The molecule has 4 aliphatic heterocycles. The summed E-state index contributed by atoms with van der Waals surface area (Å²) in [5, 5.41) is 37.6. The van der Waals surface area contributed by atoms with Crippen LogP contribution in [0.5, 0.6) is 11.5 Å². The minimum Gasteiger partial charge on any atom is -0.459 e. The third kappa shape index (κ3) is 5.06. The van der Waals surface area contributed by atoms with Crippen molar-refractivity contribution in [2.24, 2.45) is 9.98 Å². The first-order valence-corrected chi connectivity index (χ1v) is 18.8. The van der Waals surface area contributed by atoms with E-state index in [1.807, 2.05) is 88.1 Å². The monoisotopic (exact) mass is 791 g/mol. The summed E-state index contributed by atoms with van der Waals surface area (Å²) in [6, 6.07) is 30.1. The lowest BCUT2D eigenvalue weighted by Gasteiger charge is -2.44. The van der Waals surface area contributed by atoms with Crippen molar-refractivity contribution in [3.63, 3.8) is 0 Å². The van der Waals surface area contributed by atoms with Gasteiger partial charge in [-0.25, -0.2) is 0 Å². The number of nitro groups is 3. The van der Waals surface area contributed by atoms with Gasteiger partial charge in [0.1, 0.15) is 17.1 Å². The number of rotatable bonds is 3. The molecule has 0 bridgehead atoms. The number of fused-ring (bicyclic) bond motifs is 8. The molecular formula is C44H37N7O8. The molecule has 0 radical (unpaired) electrons. The van der Waals surface area contributed by atoms with E-state index in [0.29, 0.717) is 28.0 Å². The lowest BCUT2D eigenvalue weighted by molar-refractivity contribution is -0.385. The number of nitrogens with zero attached hydrogens (tertiary/aromatic N) is 7. The molecule has 59 heavy (non-hydrogen) atoms. The molecule has 0 saturated heterocycles. The van der Waals surface area contributed by atoms with Gasteiger partial charge in [-0.05, 0) is 68.5 Å². The highest BCUT2D eigenvalue weighted by atomic mass is 16.6. The van der Waals surface area contributed by atoms with E-state index in [2.05, 4.69) is 6.07 Å². The van der Waals surface area contributed by atoms with Crippen molar-refractivity contribution in [2.75, 3.05) is 23.9 Å². The SMILES string of the molecule is CN1c2ccc([N+](=O)[O-])cc2C(C)(C)C12C=Nc1c(cc([N+](=O)[O-])c3ccccc13)O2.CN1c2ccc([N+](=O)[O-])cc2C(C)(C)C12C=Nc1c(ccc3ccccc13)O2. The van der Waals surface area contributed by atoms with Gasteiger partial charge in [-0.15, -0.1) is 0 Å². The number of aliphatic imine (C=N–C) groups is 2. The second kappa shape index (κ2) is 12.5. The molecule has 0 N–H and O–H groups in total. The summed E-state index contributed by atoms with van der Waals surface area (Å²) in [4.78, 5) is 46.5. The molecule has 0 saturated carbocycles. The van der Waals surface area contributed by atoms with Crippen LogP contribution in [0.3, 0.4) is 0 Å². The standard InChI is InChI=1S/C22H18N4O5.C22H19N3O3/c1-21(2)16-10-13(25(27)28)8-9-17(16)24(3)22(21)12-23-20-15-7-5-4-6-14(15)18(26(29)30)11-19(20)31-22;1-21(2)17-12-15(25(26)27)9-10-18(17)24(3)22(21)13-23-20-16-7-5-4-6-14(16)8-11-19(20)28-22/h4-12H,1-3H3;4-13H,1-3H3. The molecule has 6 aromatic rings. The number of nitro benzene ring substituents is 3. The van der Waals surface area contributed by atoms with Crippen LogP contribution in [0.25, 0.3) is 21.5 Å². The largest absolute Gasteiger partial charge is 0.459 e. The van der Waals surface area contributed by atoms with Crippen LogP contribution in [-0.4, -0.2) is 52.7 Å². The van der Waals surface area contributed by atoms with Gasteiger partial charge in [-0.1, -0.05) is 48.5 Å². The maximum atomic E-state index is 11.7. The van der Waals surface area contributed by atoms with Crippen molar-refractivity contribution in [1.82, 2.24) is 0 Å². The minimum atomic E-state index is -1.10. The Balaban J connectivity index is 0.000000153. The number of benzene rings is 6. The van der Waals surface area contributed by atoms with Crippen molar-refractivity contribution in [2.45, 2.75) is 50.0 Å². The van der Waals surface area contributed by atoms with E-state index in [4.69, 9.17) is 19.5 Å². The second-order valence-corrected chi connectivity index (χ2v) is 16.1. The lowest BCUT2D eigenvalue weighted by atomic mass is 9.77. The predicted octanol–water partition coefficient (Wildman–Crippen LogP) is 9.84. The van der Waals surface area contributed by atoms with E-state index in [9.17, 15) is 30.3 Å². The summed E-state index contributed by atoms with van der Waals surface area (Å²) in [5.74, 6) is 1.01. The summed E-state index contributed by atoms with van der Waals surface area (Å²) < 4.78 is 13.1. The van der Waals surface area contributed by atoms with Crippen LogP contribution in [0, 0.1) is 30.3 Å². The predicted molar refractivity (Wildman–Crippen MR) is 227 cm³/mol. The van der Waals surface area contributed by atoms with Gasteiger partial charge in [0.15, 0.2) is 5.75 Å². The number of non-ortho nitro benzene ring substituents is 3. The third-order valence-electron chi connectivity index (χ3n) is 12.5. The van der Waals surface area contributed by atoms with E-state index in [1.165, 1.54) is 18.2 Å². The van der Waals surface area contributed by atoms with Gasteiger partial charge in [0.05, 0.1) is 49.5 Å². The molecule has 2 spiro atoms. The molecule has 4 heterocycles. The van der Waals surface area contributed by atoms with Crippen molar-refractivity contribution >= 4 is 73.8 Å². The average Bonchev–Trinajstić information content (AvgIpc) is 3.49. The summed E-state index contributed by atoms with van der Waals surface area (Å²) >= 11 is 0. The van der Waals surface area contributed by atoms with Crippen molar-refractivity contribution in [1.29, 1.82) is 0 Å². The molecule has 4 aliphatic rings. The fourth-order valence-corrected chi connectivity index (χ4v) is 9.15. The first kappa shape index (κ1) is 37.2. The Bertz CT molecular complexity index is 2910. The Hall–Kier alpha value is -7.42. The molecule has 0 amide bonds. The van der Waals surface area contributed by atoms with Gasteiger partial charge in [-0.2, -0.15) is 0 Å². The van der Waals surface area contributed by atoms with Gasteiger partial charge in [-0.3, -0.25) is 40.3 Å². The van der Waals surface area contributed by atoms with Crippen molar-refractivity contribution in [3.05, 3.63) is 145 Å². The Morgan fingerprint density at radius 2 is 1.02 bits per heavy atom. The molecule has 0 aliphatic carbocycles. The maximum Gasteiger partial charge on any atom is 0.281 e. The maximum absolute atomic E-state index is 11.7. The number of anilines is 2. The Morgan fingerprint density at radius 1 is 0.542 bits per heavy atom. The summed E-state index contributed by atoms with van der Waals surface area (Å²) in [6.45, 7) is 7.92. The molecule has 0 fully saturated rings. The molecule has 6 aromatic carbocycles. The molecule has 15 heteroatoms. The van der Waals surface area contributed by atoms with E-state index in [-0.39, 0.29) is 22.0 Å². The van der Waals surface area contributed by atoms with Crippen molar-refractivity contribution in [3.8, 4) is 11.5 Å². The second-order valence-electron chi connectivity index (χ2n) is 16.1. The van der Waals surface area contributed by atoms with Gasteiger partial charge < -0.3 is 19.3 Å². The molecule has 296 valence electrons. The lowest BCUT2D eigenvalue weighted by Crippen LogP contribution is -2.61. The third-order valence-corrected chi connectivity index (χ3v) is 12.5. The van der Waals surface area contributed by atoms with E-state index in [1.54, 1.807) is 54.7 Å². The molecule has 15 nitrogen and oxygen atoms in total. The van der Waals surface area contributed by atoms with Gasteiger partial charge >= 0.3 is 0 Å². The van der Waals surface area contributed by atoms with E-state index < -0.39 is 32.1 Å². The minimum absolute atomic E-state index is 0.00736. The Labute approximate surface area is 337 Å². The van der Waals surface area contributed by atoms with Crippen LogP contribution in [0.15, 0.2) is 113 Å².